The van der Waals surface area contributed by atoms with E-state index in [1.165, 1.54) is 20.3 Å². The minimum Gasteiger partial charge on any atom is -0.497 e. The lowest BCUT2D eigenvalue weighted by atomic mass is 10.1. The number of carbonyl (C=O) groups is 3. The van der Waals surface area contributed by atoms with Crippen molar-refractivity contribution in [2.45, 2.75) is 13.5 Å². The van der Waals surface area contributed by atoms with Gasteiger partial charge in [-0.25, -0.2) is 9.59 Å². The number of nitrogens with one attached hydrogen (secondary N) is 1. The van der Waals surface area contributed by atoms with Crippen LogP contribution in [0.15, 0.2) is 42.5 Å². The quantitative estimate of drug-likeness (QED) is 0.487. The van der Waals surface area contributed by atoms with Crippen LogP contribution in [0.2, 0.25) is 0 Å². The summed E-state index contributed by atoms with van der Waals surface area (Å²) < 4.78 is 15.4. The fraction of sp³-hybridized carbons (Fsp3) is 0.348. The van der Waals surface area contributed by atoms with Gasteiger partial charge in [0.1, 0.15) is 12.4 Å². The SMILES string of the molecule is COC(=O)c1cc(OC)cc(C)c1NC(=O)C[N+](C)(C)CC(=O)OCc1ccccc1. The van der Waals surface area contributed by atoms with Crippen LogP contribution in [0, 0.1) is 6.92 Å². The average molecular weight is 429 g/mol. The van der Waals surface area contributed by atoms with Crippen LogP contribution >= 0.6 is 0 Å². The first-order valence-corrected chi connectivity index (χ1v) is 9.73. The van der Waals surface area contributed by atoms with Gasteiger partial charge in [-0.3, -0.25) is 4.79 Å². The standard InChI is InChI=1S/C23H28N2O6/c1-16-11-18(29-4)12-19(23(28)30-5)22(16)24-20(26)13-25(2,3)14-21(27)31-15-17-9-7-6-8-10-17/h6-12H,13-15H2,1-5H3/p+1. The molecule has 0 heterocycles. The van der Waals surface area contributed by atoms with Gasteiger partial charge in [-0.15, -0.1) is 0 Å². The molecule has 0 saturated carbocycles. The van der Waals surface area contributed by atoms with E-state index in [4.69, 9.17) is 14.2 Å². The monoisotopic (exact) mass is 429 g/mol. The van der Waals surface area contributed by atoms with E-state index in [1.54, 1.807) is 27.1 Å². The number of rotatable bonds is 9. The number of hydrogen-bond acceptors (Lipinski definition) is 6. The number of ether oxygens (including phenoxy) is 3. The number of esters is 2. The van der Waals surface area contributed by atoms with Crippen LogP contribution in [0.25, 0.3) is 0 Å². The number of anilines is 1. The normalized spacial score (nSPS) is 10.9. The fourth-order valence-corrected chi connectivity index (χ4v) is 3.07. The molecule has 0 aliphatic rings. The maximum absolute atomic E-state index is 12.7. The summed E-state index contributed by atoms with van der Waals surface area (Å²) in [4.78, 5) is 37.1. The van der Waals surface area contributed by atoms with E-state index in [-0.39, 0.29) is 35.7 Å². The molecule has 8 heteroatoms. The molecule has 0 fully saturated rings. The molecule has 31 heavy (non-hydrogen) atoms. The van der Waals surface area contributed by atoms with Gasteiger partial charge >= 0.3 is 11.9 Å². The van der Waals surface area contributed by atoms with Crippen LogP contribution in [0.5, 0.6) is 5.75 Å². The number of aryl methyl sites for hydroxylation is 1. The van der Waals surface area contributed by atoms with Gasteiger partial charge in [0.25, 0.3) is 5.91 Å². The van der Waals surface area contributed by atoms with Crippen molar-refractivity contribution < 1.29 is 33.1 Å². The molecule has 0 atom stereocenters. The second-order valence-electron chi connectivity index (χ2n) is 7.80. The van der Waals surface area contributed by atoms with Gasteiger partial charge in [0.2, 0.25) is 0 Å². The maximum Gasteiger partial charge on any atom is 0.362 e. The third-order valence-corrected chi connectivity index (χ3v) is 4.59. The summed E-state index contributed by atoms with van der Waals surface area (Å²) in [7, 11) is 6.27. The molecule has 2 aromatic rings. The third kappa shape index (κ3) is 7.11. The number of benzene rings is 2. The molecule has 0 bridgehead atoms. The van der Waals surface area contributed by atoms with Crippen molar-refractivity contribution in [2.75, 3.05) is 46.7 Å². The van der Waals surface area contributed by atoms with Crippen LogP contribution in [0.3, 0.4) is 0 Å². The van der Waals surface area contributed by atoms with Crippen molar-refractivity contribution in [3.63, 3.8) is 0 Å². The highest BCUT2D eigenvalue weighted by atomic mass is 16.5. The molecule has 0 unspecified atom stereocenters. The van der Waals surface area contributed by atoms with Crippen LogP contribution in [-0.2, 0) is 25.7 Å². The number of amides is 1. The molecule has 0 saturated heterocycles. The molecule has 8 nitrogen and oxygen atoms in total. The minimum atomic E-state index is -0.587. The molecule has 0 aromatic heterocycles. The molecule has 0 aliphatic carbocycles. The number of methoxy groups -OCH3 is 2. The summed E-state index contributed by atoms with van der Waals surface area (Å²) in [6.07, 6.45) is 0. The number of quaternary nitrogens is 1. The van der Waals surface area contributed by atoms with Crippen molar-refractivity contribution in [2.24, 2.45) is 0 Å². The largest absolute Gasteiger partial charge is 0.497 e. The van der Waals surface area contributed by atoms with E-state index in [1.807, 2.05) is 30.3 Å². The Morgan fingerprint density at radius 1 is 1.00 bits per heavy atom. The smallest absolute Gasteiger partial charge is 0.362 e. The topological polar surface area (TPSA) is 90.9 Å². The third-order valence-electron chi connectivity index (χ3n) is 4.59. The van der Waals surface area contributed by atoms with Gasteiger partial charge in [-0.05, 0) is 30.2 Å². The Hall–Kier alpha value is -3.39. The van der Waals surface area contributed by atoms with E-state index >= 15 is 0 Å². The summed E-state index contributed by atoms with van der Waals surface area (Å²) >= 11 is 0. The van der Waals surface area contributed by atoms with E-state index in [9.17, 15) is 14.4 Å². The van der Waals surface area contributed by atoms with Crippen molar-refractivity contribution in [3.05, 3.63) is 59.2 Å². The predicted molar refractivity (Wildman–Crippen MR) is 116 cm³/mol. The highest BCUT2D eigenvalue weighted by molar-refractivity contribution is 6.03. The van der Waals surface area contributed by atoms with Crippen LogP contribution in [0.1, 0.15) is 21.5 Å². The maximum atomic E-state index is 12.7. The Morgan fingerprint density at radius 2 is 1.68 bits per heavy atom. The number of nitrogens with zero attached hydrogens (tertiary/aromatic N) is 1. The van der Waals surface area contributed by atoms with Gasteiger partial charge in [-0.2, -0.15) is 0 Å². The molecule has 0 spiro atoms. The summed E-state index contributed by atoms with van der Waals surface area (Å²) in [5.41, 5.74) is 2.09. The number of likely N-dealkylation sites (N-methyl/N-ethyl adjacent to an activating group) is 1. The average Bonchev–Trinajstić information content (AvgIpc) is 2.72. The second kappa shape index (κ2) is 10.6. The lowest BCUT2D eigenvalue weighted by Gasteiger charge is -2.28. The van der Waals surface area contributed by atoms with Crippen molar-refractivity contribution in [1.29, 1.82) is 0 Å². The Bertz CT molecular complexity index is 941. The van der Waals surface area contributed by atoms with E-state index in [2.05, 4.69) is 5.32 Å². The highest BCUT2D eigenvalue weighted by Gasteiger charge is 2.26. The molecule has 2 aromatic carbocycles. The number of carbonyl (C=O) groups excluding carboxylic acids is 3. The summed E-state index contributed by atoms with van der Waals surface area (Å²) in [6, 6.07) is 12.6. The van der Waals surface area contributed by atoms with Crippen molar-refractivity contribution in [3.8, 4) is 5.75 Å². The van der Waals surface area contributed by atoms with Gasteiger partial charge in [0.15, 0.2) is 13.1 Å². The Labute approximate surface area is 182 Å². The van der Waals surface area contributed by atoms with Gasteiger partial charge < -0.3 is 24.0 Å². The van der Waals surface area contributed by atoms with Crippen LogP contribution in [0.4, 0.5) is 5.69 Å². The van der Waals surface area contributed by atoms with Gasteiger partial charge in [0.05, 0.1) is 39.6 Å². The van der Waals surface area contributed by atoms with Crippen LogP contribution < -0.4 is 10.1 Å². The van der Waals surface area contributed by atoms with E-state index < -0.39 is 11.9 Å². The van der Waals surface area contributed by atoms with Crippen LogP contribution in [-0.4, -0.2) is 63.7 Å². The highest BCUT2D eigenvalue weighted by Crippen LogP contribution is 2.27. The zero-order valence-corrected chi connectivity index (χ0v) is 18.6. The summed E-state index contributed by atoms with van der Waals surface area (Å²) in [5, 5.41) is 2.77. The Morgan fingerprint density at radius 3 is 2.29 bits per heavy atom. The summed E-state index contributed by atoms with van der Waals surface area (Å²) in [6.45, 7) is 1.96. The molecule has 166 valence electrons. The molecule has 1 N–H and O–H groups in total. The van der Waals surface area contributed by atoms with E-state index in [0.717, 1.165) is 5.56 Å². The molecule has 2 rings (SSSR count). The van der Waals surface area contributed by atoms with Crippen molar-refractivity contribution in [1.82, 2.24) is 0 Å². The first-order chi connectivity index (χ1) is 14.6. The number of hydrogen-bond donors (Lipinski definition) is 1. The second-order valence-corrected chi connectivity index (χ2v) is 7.80. The zero-order valence-electron chi connectivity index (χ0n) is 18.6. The predicted octanol–water partition coefficient (Wildman–Crippen LogP) is 2.55. The van der Waals surface area contributed by atoms with Crippen molar-refractivity contribution >= 4 is 23.5 Å². The molecular formula is C23H29N2O6+. The molecule has 0 aliphatic heterocycles. The molecule has 0 radical (unpaired) electrons. The first-order valence-electron chi connectivity index (χ1n) is 9.73. The fourth-order valence-electron chi connectivity index (χ4n) is 3.07. The first kappa shape index (κ1) is 23.9. The lowest BCUT2D eigenvalue weighted by Crippen LogP contribution is -2.49. The molecular weight excluding hydrogens is 400 g/mol. The van der Waals surface area contributed by atoms with Gasteiger partial charge in [-0.1, -0.05) is 30.3 Å². The lowest BCUT2D eigenvalue weighted by molar-refractivity contribution is -0.874. The minimum absolute atomic E-state index is 0.00647. The van der Waals surface area contributed by atoms with E-state index in [0.29, 0.717) is 17.0 Å². The molecule has 1 amide bonds. The Kier molecular flexibility index (Phi) is 8.15. The van der Waals surface area contributed by atoms with Gasteiger partial charge in [0, 0.05) is 0 Å². The zero-order chi connectivity index (χ0) is 23.0. The Balaban J connectivity index is 2.02. The summed E-state index contributed by atoms with van der Waals surface area (Å²) in [5.74, 6) is -0.861.